The molecule has 22 heavy (non-hydrogen) atoms. The van der Waals surface area contributed by atoms with Crippen molar-refractivity contribution >= 4 is 0 Å². The van der Waals surface area contributed by atoms with Crippen LogP contribution in [0.5, 0.6) is 11.5 Å². The smallest absolute Gasteiger partial charge is 0.123 e. The fourth-order valence-corrected chi connectivity index (χ4v) is 2.43. The second-order valence-electron chi connectivity index (χ2n) is 6.06. The molecule has 1 aromatic carbocycles. The number of ether oxygens (including phenoxy) is 3. The fourth-order valence-electron chi connectivity index (χ4n) is 2.43. The lowest BCUT2D eigenvalue weighted by molar-refractivity contribution is 0.259. The molecule has 1 saturated heterocycles. The molecular formula is C19H30O3. The van der Waals surface area contributed by atoms with E-state index >= 15 is 0 Å². The highest BCUT2D eigenvalue weighted by molar-refractivity contribution is 5.32. The molecule has 1 fully saturated rings. The van der Waals surface area contributed by atoms with Crippen LogP contribution in [0.15, 0.2) is 24.3 Å². The van der Waals surface area contributed by atoms with E-state index in [-0.39, 0.29) is 0 Å². The summed E-state index contributed by atoms with van der Waals surface area (Å²) in [5, 5.41) is 0. The molecule has 1 atom stereocenters. The van der Waals surface area contributed by atoms with E-state index in [2.05, 4.69) is 6.92 Å². The molecule has 0 bridgehead atoms. The summed E-state index contributed by atoms with van der Waals surface area (Å²) in [6.07, 6.45) is 10.9. The van der Waals surface area contributed by atoms with Gasteiger partial charge in [0.05, 0.1) is 13.2 Å². The van der Waals surface area contributed by atoms with Crippen molar-refractivity contribution < 1.29 is 14.2 Å². The standard InChI is InChI=1S/C19H30O3/c1-2-3-4-5-6-7-8-9-13-20-17-11-10-12-18(14-17)21-15-19-16-22-19/h10-12,14,19H,2-9,13,15-16H2,1H3. The van der Waals surface area contributed by atoms with Gasteiger partial charge in [0.15, 0.2) is 0 Å². The van der Waals surface area contributed by atoms with Gasteiger partial charge in [-0.05, 0) is 18.6 Å². The van der Waals surface area contributed by atoms with E-state index in [4.69, 9.17) is 14.2 Å². The molecule has 3 nitrogen and oxygen atoms in total. The highest BCUT2D eigenvalue weighted by Gasteiger charge is 2.23. The van der Waals surface area contributed by atoms with Crippen LogP contribution in [0.1, 0.15) is 58.3 Å². The van der Waals surface area contributed by atoms with E-state index in [1.54, 1.807) is 0 Å². The highest BCUT2D eigenvalue weighted by Crippen LogP contribution is 2.21. The third kappa shape index (κ3) is 7.69. The third-order valence-corrected chi connectivity index (χ3v) is 3.91. The normalized spacial score (nSPS) is 16.5. The van der Waals surface area contributed by atoms with Gasteiger partial charge in [-0.1, -0.05) is 57.9 Å². The minimum Gasteiger partial charge on any atom is -0.493 e. The number of hydrogen-bond acceptors (Lipinski definition) is 3. The lowest BCUT2D eigenvalue weighted by Crippen LogP contribution is -2.04. The number of unbranched alkanes of at least 4 members (excludes halogenated alkanes) is 7. The molecule has 0 spiro atoms. The van der Waals surface area contributed by atoms with Crippen molar-refractivity contribution in [2.45, 2.75) is 64.4 Å². The zero-order valence-electron chi connectivity index (χ0n) is 13.9. The zero-order valence-corrected chi connectivity index (χ0v) is 13.9. The molecule has 124 valence electrons. The van der Waals surface area contributed by atoms with E-state index in [9.17, 15) is 0 Å². The predicted molar refractivity (Wildman–Crippen MR) is 89.8 cm³/mol. The molecule has 1 aromatic rings. The van der Waals surface area contributed by atoms with Crippen LogP contribution in [0.3, 0.4) is 0 Å². The minimum absolute atomic E-state index is 0.293. The molecule has 1 aliphatic rings. The number of epoxide rings is 1. The van der Waals surface area contributed by atoms with Gasteiger partial charge in [0.1, 0.15) is 24.2 Å². The Hall–Kier alpha value is -1.22. The molecule has 0 saturated carbocycles. The Kier molecular flexibility index (Phi) is 8.18. The zero-order chi connectivity index (χ0) is 15.5. The van der Waals surface area contributed by atoms with Crippen molar-refractivity contribution in [3.05, 3.63) is 24.3 Å². The van der Waals surface area contributed by atoms with Crippen molar-refractivity contribution in [3.8, 4) is 11.5 Å². The van der Waals surface area contributed by atoms with Crippen molar-refractivity contribution in [1.82, 2.24) is 0 Å². The molecule has 0 aromatic heterocycles. The molecule has 0 radical (unpaired) electrons. The average molecular weight is 306 g/mol. The Morgan fingerprint density at radius 3 is 2.27 bits per heavy atom. The maximum atomic E-state index is 5.80. The Bertz CT molecular complexity index is 401. The van der Waals surface area contributed by atoms with Gasteiger partial charge in [-0.15, -0.1) is 0 Å². The summed E-state index contributed by atoms with van der Waals surface area (Å²) in [5.74, 6) is 1.76. The quantitative estimate of drug-likeness (QED) is 0.380. The van der Waals surface area contributed by atoms with E-state index < -0.39 is 0 Å². The Balaban J connectivity index is 1.50. The Labute approximate surface area is 135 Å². The molecule has 0 N–H and O–H groups in total. The number of hydrogen-bond donors (Lipinski definition) is 0. The first kappa shape index (κ1) is 17.1. The first-order valence-corrected chi connectivity index (χ1v) is 8.85. The third-order valence-electron chi connectivity index (χ3n) is 3.91. The van der Waals surface area contributed by atoms with Crippen molar-refractivity contribution in [2.24, 2.45) is 0 Å². The lowest BCUT2D eigenvalue weighted by Gasteiger charge is -2.09. The van der Waals surface area contributed by atoms with Gasteiger partial charge in [-0.3, -0.25) is 0 Å². The first-order valence-electron chi connectivity index (χ1n) is 8.85. The monoisotopic (exact) mass is 306 g/mol. The average Bonchev–Trinajstić information content (AvgIpc) is 3.36. The molecular weight excluding hydrogens is 276 g/mol. The van der Waals surface area contributed by atoms with Crippen molar-refractivity contribution in [1.29, 1.82) is 0 Å². The van der Waals surface area contributed by atoms with Crippen LogP contribution in [0.25, 0.3) is 0 Å². The fraction of sp³-hybridized carbons (Fsp3) is 0.684. The molecule has 0 amide bonds. The van der Waals surface area contributed by atoms with Crippen LogP contribution in [-0.4, -0.2) is 25.9 Å². The van der Waals surface area contributed by atoms with E-state index in [0.29, 0.717) is 12.7 Å². The van der Waals surface area contributed by atoms with Crippen LogP contribution in [0, 0.1) is 0 Å². The topological polar surface area (TPSA) is 31.0 Å². The summed E-state index contributed by atoms with van der Waals surface area (Å²) in [5.41, 5.74) is 0. The lowest BCUT2D eigenvalue weighted by atomic mass is 10.1. The molecule has 3 heteroatoms. The van der Waals surface area contributed by atoms with Gasteiger partial charge in [0, 0.05) is 6.07 Å². The predicted octanol–water partition coefficient (Wildman–Crippen LogP) is 4.98. The first-order chi connectivity index (χ1) is 10.9. The maximum absolute atomic E-state index is 5.80. The van der Waals surface area contributed by atoms with Crippen LogP contribution < -0.4 is 9.47 Å². The SMILES string of the molecule is CCCCCCCCCCOc1cccc(OCC2CO2)c1. The largest absolute Gasteiger partial charge is 0.493 e. The highest BCUT2D eigenvalue weighted by atomic mass is 16.6. The van der Waals surface area contributed by atoms with E-state index in [0.717, 1.165) is 31.1 Å². The Morgan fingerprint density at radius 2 is 1.59 bits per heavy atom. The van der Waals surface area contributed by atoms with Crippen LogP contribution in [0.2, 0.25) is 0 Å². The number of rotatable bonds is 13. The number of benzene rings is 1. The van der Waals surface area contributed by atoms with Crippen LogP contribution in [0.4, 0.5) is 0 Å². The minimum atomic E-state index is 0.293. The summed E-state index contributed by atoms with van der Waals surface area (Å²) in [6.45, 7) is 4.53. The van der Waals surface area contributed by atoms with Crippen LogP contribution >= 0.6 is 0 Å². The molecule has 1 aliphatic heterocycles. The van der Waals surface area contributed by atoms with Gasteiger partial charge in [0.25, 0.3) is 0 Å². The van der Waals surface area contributed by atoms with Crippen molar-refractivity contribution in [3.63, 3.8) is 0 Å². The van der Waals surface area contributed by atoms with Crippen LogP contribution in [-0.2, 0) is 4.74 Å². The van der Waals surface area contributed by atoms with Gasteiger partial charge in [-0.2, -0.15) is 0 Å². The van der Waals surface area contributed by atoms with E-state index in [1.807, 2.05) is 24.3 Å². The molecule has 2 rings (SSSR count). The summed E-state index contributed by atoms with van der Waals surface area (Å²) in [4.78, 5) is 0. The second-order valence-corrected chi connectivity index (χ2v) is 6.06. The van der Waals surface area contributed by atoms with Gasteiger partial charge < -0.3 is 14.2 Å². The van der Waals surface area contributed by atoms with Crippen molar-refractivity contribution in [2.75, 3.05) is 19.8 Å². The second kappa shape index (κ2) is 10.5. The Morgan fingerprint density at radius 1 is 0.955 bits per heavy atom. The molecule has 1 unspecified atom stereocenters. The maximum Gasteiger partial charge on any atom is 0.123 e. The summed E-state index contributed by atoms with van der Waals surface area (Å²) in [7, 11) is 0. The van der Waals surface area contributed by atoms with Gasteiger partial charge in [-0.25, -0.2) is 0 Å². The summed E-state index contributed by atoms with van der Waals surface area (Å²) >= 11 is 0. The van der Waals surface area contributed by atoms with Gasteiger partial charge >= 0.3 is 0 Å². The summed E-state index contributed by atoms with van der Waals surface area (Å²) < 4.78 is 16.6. The summed E-state index contributed by atoms with van der Waals surface area (Å²) in [6, 6.07) is 7.90. The molecule has 1 heterocycles. The molecule has 0 aliphatic carbocycles. The van der Waals surface area contributed by atoms with E-state index in [1.165, 1.54) is 44.9 Å². The van der Waals surface area contributed by atoms with Gasteiger partial charge in [0.2, 0.25) is 0 Å².